The SMILES string of the molecule is CCCCCCCCCCCCCC(=O)O[C@H](CCCCCCCCCCC)CC(=O)NC1[C@@H](O)[C@H](O)C(CO[C@@H]2OC(CO)[C@@H](OP(=O)(O)O)[C@H](OC(=O)C[C@@H](CCCCCCCCCCC)OC(=O)CCCCCCCCCCCCC)C2NC(=O)C[C@@H](CCCCCCCCCCC)OC(=O)CCCCCCCCCCC)O[C@@H]1O. The molecule has 4 unspecified atom stereocenters. The highest BCUT2D eigenvalue weighted by molar-refractivity contribution is 7.46. The molecule has 118 heavy (non-hydrogen) atoms. The first kappa shape index (κ1) is 111. The predicted molar refractivity (Wildman–Crippen MR) is 468 cm³/mol. The molecule has 2 heterocycles. The zero-order valence-electron chi connectivity index (χ0n) is 75.6. The van der Waals surface area contributed by atoms with E-state index in [2.05, 4.69) is 52.2 Å². The number of carbonyl (C=O) groups is 6. The minimum Gasteiger partial charge on any atom is -0.462 e. The average molecular weight is 1700 g/mol. The quantitative estimate of drug-likeness (QED) is 0.0121. The molecule has 0 spiro atoms. The summed E-state index contributed by atoms with van der Waals surface area (Å²) in [5.41, 5.74) is 0. The summed E-state index contributed by atoms with van der Waals surface area (Å²) in [6.07, 6.45) is 44.1. The molecule has 24 heteroatoms. The number of amides is 2. The maximum absolute atomic E-state index is 15.0. The van der Waals surface area contributed by atoms with Crippen molar-refractivity contribution in [1.82, 2.24) is 10.6 Å². The number of rotatable bonds is 82. The van der Waals surface area contributed by atoms with Crippen molar-refractivity contribution in [2.75, 3.05) is 13.2 Å². The molecular formula is C94H177N2O21P. The van der Waals surface area contributed by atoms with E-state index in [0.717, 1.165) is 173 Å². The maximum Gasteiger partial charge on any atom is 0.470 e. The second-order valence-corrected chi connectivity index (χ2v) is 35.9. The Kier molecular flexibility index (Phi) is 70.4. The second kappa shape index (κ2) is 75.0. The zero-order valence-corrected chi connectivity index (χ0v) is 76.4. The lowest BCUT2D eigenvalue weighted by atomic mass is 9.95. The number of unbranched alkanes of at least 4 members (excludes halogenated alkanes) is 52. The third-order valence-corrected chi connectivity index (χ3v) is 24.1. The lowest BCUT2D eigenvalue weighted by molar-refractivity contribution is -0.297. The summed E-state index contributed by atoms with van der Waals surface area (Å²) in [5.74, 6) is -3.85. The fourth-order valence-electron chi connectivity index (χ4n) is 16.3. The van der Waals surface area contributed by atoms with E-state index >= 15 is 0 Å². The molecule has 0 aromatic carbocycles. The van der Waals surface area contributed by atoms with E-state index in [0.29, 0.717) is 51.4 Å². The number of aliphatic hydroxyl groups is 4. The lowest BCUT2D eigenvalue weighted by Gasteiger charge is -2.46. The van der Waals surface area contributed by atoms with Gasteiger partial charge in [0.15, 0.2) is 18.7 Å². The van der Waals surface area contributed by atoms with Crippen LogP contribution in [0.25, 0.3) is 0 Å². The summed E-state index contributed by atoms with van der Waals surface area (Å²) < 4.78 is 61.4. The van der Waals surface area contributed by atoms with Gasteiger partial charge in [0.1, 0.15) is 60.9 Å². The number of phosphoric acid groups is 1. The molecule has 0 aliphatic carbocycles. The summed E-state index contributed by atoms with van der Waals surface area (Å²) >= 11 is 0. The molecule has 23 nitrogen and oxygen atoms in total. The van der Waals surface area contributed by atoms with Crippen LogP contribution in [0.4, 0.5) is 0 Å². The smallest absolute Gasteiger partial charge is 0.462 e. The van der Waals surface area contributed by atoms with E-state index < -0.39 is 149 Å². The third-order valence-electron chi connectivity index (χ3n) is 23.6. The number of phosphoric ester groups is 1. The molecule has 2 fully saturated rings. The minimum absolute atomic E-state index is 0.124. The van der Waals surface area contributed by atoms with Gasteiger partial charge in [0.25, 0.3) is 0 Å². The second-order valence-electron chi connectivity index (χ2n) is 34.8. The van der Waals surface area contributed by atoms with E-state index in [1.54, 1.807) is 0 Å². The molecule has 2 rings (SSSR count). The summed E-state index contributed by atoms with van der Waals surface area (Å²) in [6.45, 7) is 11.4. The summed E-state index contributed by atoms with van der Waals surface area (Å²) in [7, 11) is -5.58. The van der Waals surface area contributed by atoms with Crippen LogP contribution in [-0.2, 0) is 71.0 Å². The Morgan fingerprint density at radius 2 is 0.619 bits per heavy atom. The first-order valence-electron chi connectivity index (χ1n) is 48.9. The molecule has 694 valence electrons. The van der Waals surface area contributed by atoms with Crippen LogP contribution in [0.1, 0.15) is 472 Å². The van der Waals surface area contributed by atoms with Gasteiger partial charge in [-0.25, -0.2) is 4.57 Å². The van der Waals surface area contributed by atoms with Crippen molar-refractivity contribution in [2.45, 2.75) is 551 Å². The monoisotopic (exact) mass is 1700 g/mol. The molecule has 0 aromatic heterocycles. The fraction of sp³-hybridized carbons (Fsp3) is 0.936. The highest BCUT2D eigenvalue weighted by atomic mass is 31.2. The molecule has 0 aromatic rings. The van der Waals surface area contributed by atoms with Crippen molar-refractivity contribution in [3.05, 3.63) is 0 Å². The Labute approximate surface area is 716 Å². The molecule has 2 aliphatic rings. The fourth-order valence-corrected chi connectivity index (χ4v) is 16.9. The van der Waals surface area contributed by atoms with Gasteiger partial charge >= 0.3 is 31.7 Å². The molecule has 8 N–H and O–H groups in total. The van der Waals surface area contributed by atoms with Crippen molar-refractivity contribution in [1.29, 1.82) is 0 Å². The highest BCUT2D eigenvalue weighted by Gasteiger charge is 2.53. The van der Waals surface area contributed by atoms with Gasteiger partial charge in [-0.05, 0) is 57.8 Å². The van der Waals surface area contributed by atoms with E-state index in [4.69, 9.17) is 37.7 Å². The van der Waals surface area contributed by atoms with E-state index in [1.165, 1.54) is 161 Å². The maximum atomic E-state index is 15.0. The standard InChI is InChI=1S/C94H177N2O21P/c1-7-13-19-25-31-37-39-45-51-57-63-68-83(100)111-76(65-59-53-47-41-33-27-21-15-9-3)71-81(98)95-87-90(105)89(104)80(114-93(87)106)75-110-94-88(96-82(99)72-77(66-60-54-48-42-34-28-22-16-10-4)112-84(101)69-62-56-50-44-36-30-24-18-12-6)92(91(79(74-97)115-94)117-118(107,108)109)116-86(103)73-78(67-61-55-49-43-35-29-23-17-11-5)113-85(102)70-64-58-52-46-40-38-32-26-20-14-8-2/h76-80,87-94,97,104-106H,7-75H2,1-6H3,(H,95,98)(H,96,99)(H2,107,108,109)/t76-,77-,78-,79?,80?,87?,88?,89-,90-,91-,92-,93+,94-/m1/s1. The van der Waals surface area contributed by atoms with E-state index in [1.807, 2.05) is 0 Å². The number of esters is 4. The highest BCUT2D eigenvalue weighted by Crippen LogP contribution is 2.43. The first-order chi connectivity index (χ1) is 57.2. The molecule has 2 aliphatic heterocycles. The van der Waals surface area contributed by atoms with Crippen molar-refractivity contribution in [3.8, 4) is 0 Å². The average Bonchev–Trinajstić information content (AvgIpc) is 0.764. The Hall–Kier alpha value is -3.35. The topological polar surface area (TPSA) is 339 Å². The largest absolute Gasteiger partial charge is 0.470 e. The van der Waals surface area contributed by atoms with Gasteiger partial charge in [0.05, 0.1) is 32.5 Å². The molecular weight excluding hydrogens is 1520 g/mol. The summed E-state index contributed by atoms with van der Waals surface area (Å²) in [6, 6.07) is -3.37. The molecule has 2 amide bonds. The molecule has 0 bridgehead atoms. The van der Waals surface area contributed by atoms with Gasteiger partial charge in [0.2, 0.25) is 11.8 Å². The molecule has 2 saturated heterocycles. The Balaban J connectivity index is 2.58. The third kappa shape index (κ3) is 58.7. The Morgan fingerprint density at radius 1 is 0.339 bits per heavy atom. The van der Waals surface area contributed by atoms with Gasteiger partial charge in [0, 0.05) is 19.3 Å². The number of carbonyl (C=O) groups excluding carboxylic acids is 6. The van der Waals surface area contributed by atoms with Crippen LogP contribution >= 0.6 is 7.82 Å². The number of hydrogen-bond acceptors (Lipinski definition) is 19. The van der Waals surface area contributed by atoms with Crippen molar-refractivity contribution in [2.24, 2.45) is 0 Å². The van der Waals surface area contributed by atoms with Crippen molar-refractivity contribution < 1.29 is 101 Å². The number of ether oxygens (including phenoxy) is 7. The van der Waals surface area contributed by atoms with Gasteiger partial charge in [-0.15, -0.1) is 0 Å². The van der Waals surface area contributed by atoms with Crippen molar-refractivity contribution >= 4 is 43.5 Å². The normalized spacial score (nSPS) is 20.3. The first-order valence-corrected chi connectivity index (χ1v) is 50.4. The van der Waals surface area contributed by atoms with Gasteiger partial charge in [-0.3, -0.25) is 33.3 Å². The summed E-state index contributed by atoms with van der Waals surface area (Å²) in [5, 5.41) is 51.8. The molecule has 0 radical (unpaired) electrons. The Bertz CT molecular complexity index is 2480. The van der Waals surface area contributed by atoms with Gasteiger partial charge in [-0.2, -0.15) is 0 Å². The van der Waals surface area contributed by atoms with Crippen LogP contribution in [-0.4, -0.2) is 159 Å². The van der Waals surface area contributed by atoms with E-state index in [-0.39, 0.29) is 32.1 Å². The van der Waals surface area contributed by atoms with Crippen molar-refractivity contribution in [3.63, 3.8) is 0 Å². The minimum atomic E-state index is -5.58. The van der Waals surface area contributed by atoms with E-state index in [9.17, 15) is 63.5 Å². The van der Waals surface area contributed by atoms with Crippen LogP contribution in [0, 0.1) is 0 Å². The number of nitrogens with one attached hydrogen (secondary N) is 2. The van der Waals surface area contributed by atoms with Crippen LogP contribution in [0.3, 0.4) is 0 Å². The van der Waals surface area contributed by atoms with Gasteiger partial charge in [-0.1, -0.05) is 375 Å². The van der Waals surface area contributed by atoms with Crippen LogP contribution < -0.4 is 10.6 Å². The van der Waals surface area contributed by atoms with Crippen LogP contribution in [0.5, 0.6) is 0 Å². The lowest BCUT2D eigenvalue weighted by Crippen LogP contribution is -2.67. The zero-order chi connectivity index (χ0) is 86.3. The molecule has 13 atom stereocenters. The number of hydrogen-bond donors (Lipinski definition) is 8. The Morgan fingerprint density at radius 3 is 0.915 bits per heavy atom. The number of aliphatic hydroxyl groups excluding tert-OH is 4. The molecule has 0 saturated carbocycles. The van der Waals surface area contributed by atoms with Gasteiger partial charge < -0.3 is 74.0 Å². The van der Waals surface area contributed by atoms with Crippen LogP contribution in [0.15, 0.2) is 0 Å². The van der Waals surface area contributed by atoms with Crippen LogP contribution in [0.2, 0.25) is 0 Å². The predicted octanol–water partition coefficient (Wildman–Crippen LogP) is 21.5. The summed E-state index contributed by atoms with van der Waals surface area (Å²) in [4.78, 5) is 106.